The summed E-state index contributed by atoms with van der Waals surface area (Å²) in [7, 11) is 3.01. The maximum absolute atomic E-state index is 12.5. The predicted octanol–water partition coefficient (Wildman–Crippen LogP) is 3.25. The Morgan fingerprint density at radius 1 is 1.06 bits per heavy atom. The number of hydrogen-bond acceptors (Lipinski definition) is 7. The lowest BCUT2D eigenvalue weighted by Gasteiger charge is -2.06. The summed E-state index contributed by atoms with van der Waals surface area (Å²) in [5, 5.41) is 3.36. The SMILES string of the molecule is Cn1c(=O)c2c(ncn2CCCC(=O)Nc2nc3ccc(Oc4ccccc4)cc3s2)n(C)c1=O. The number of carbonyl (C=O) groups is 1. The number of benzene rings is 2. The summed E-state index contributed by atoms with van der Waals surface area (Å²) < 4.78 is 10.8. The van der Waals surface area contributed by atoms with Gasteiger partial charge < -0.3 is 14.6 Å². The molecule has 0 atom stereocenters. The Balaban J connectivity index is 1.23. The van der Waals surface area contributed by atoms with E-state index in [2.05, 4.69) is 15.3 Å². The molecule has 1 N–H and O–H groups in total. The number of hydrogen-bond donors (Lipinski definition) is 1. The van der Waals surface area contributed by atoms with Crippen LogP contribution >= 0.6 is 11.3 Å². The van der Waals surface area contributed by atoms with Crippen molar-refractivity contribution in [2.45, 2.75) is 19.4 Å². The highest BCUT2D eigenvalue weighted by Gasteiger charge is 2.15. The standard InChI is InChI=1S/C24H22N6O4S/c1-28-21-20(22(32)29(2)24(28)33)30(14-25-21)12-6-9-19(31)27-23-26-17-11-10-16(13-18(17)35-23)34-15-7-4-3-5-8-15/h3-5,7-8,10-11,13-14H,6,9,12H2,1-2H3,(H,26,27,31). The molecule has 2 aromatic carbocycles. The average molecular weight is 491 g/mol. The third-order valence-electron chi connectivity index (χ3n) is 5.61. The van der Waals surface area contributed by atoms with Crippen LogP contribution in [0.5, 0.6) is 11.5 Å². The number of fused-ring (bicyclic) bond motifs is 2. The van der Waals surface area contributed by atoms with E-state index >= 15 is 0 Å². The van der Waals surface area contributed by atoms with Crippen molar-refractivity contribution in [2.24, 2.45) is 14.1 Å². The molecule has 0 saturated carbocycles. The van der Waals surface area contributed by atoms with Crippen LogP contribution in [0.4, 0.5) is 5.13 Å². The molecule has 11 heteroatoms. The fraction of sp³-hybridized carbons (Fsp3) is 0.208. The average Bonchev–Trinajstić information content (AvgIpc) is 3.45. The normalized spacial score (nSPS) is 11.3. The molecule has 10 nitrogen and oxygen atoms in total. The molecule has 35 heavy (non-hydrogen) atoms. The highest BCUT2D eigenvalue weighted by atomic mass is 32.1. The van der Waals surface area contributed by atoms with Gasteiger partial charge in [-0.1, -0.05) is 29.5 Å². The summed E-state index contributed by atoms with van der Waals surface area (Å²) in [6.07, 6.45) is 2.25. The van der Waals surface area contributed by atoms with E-state index in [1.807, 2.05) is 48.5 Å². The molecule has 0 saturated heterocycles. The molecule has 3 aromatic heterocycles. The highest BCUT2D eigenvalue weighted by molar-refractivity contribution is 7.22. The van der Waals surface area contributed by atoms with Crippen molar-refractivity contribution in [1.29, 1.82) is 0 Å². The number of nitrogens with zero attached hydrogens (tertiary/aromatic N) is 5. The number of carbonyl (C=O) groups excluding carboxylic acids is 1. The van der Waals surface area contributed by atoms with Crippen LogP contribution in [0, 0.1) is 0 Å². The second-order valence-electron chi connectivity index (χ2n) is 8.03. The van der Waals surface area contributed by atoms with Gasteiger partial charge in [-0.15, -0.1) is 0 Å². The lowest BCUT2D eigenvalue weighted by Crippen LogP contribution is -2.37. The number of aromatic nitrogens is 5. The van der Waals surface area contributed by atoms with Gasteiger partial charge in [-0.05, 0) is 30.7 Å². The van der Waals surface area contributed by atoms with Crippen LogP contribution in [0.2, 0.25) is 0 Å². The van der Waals surface area contributed by atoms with Crippen LogP contribution < -0.4 is 21.3 Å². The van der Waals surface area contributed by atoms with E-state index in [0.29, 0.717) is 35.0 Å². The van der Waals surface area contributed by atoms with Crippen molar-refractivity contribution >= 4 is 43.8 Å². The van der Waals surface area contributed by atoms with Gasteiger partial charge in [-0.2, -0.15) is 0 Å². The number of thiazole rings is 1. The Morgan fingerprint density at radius 2 is 1.86 bits per heavy atom. The fourth-order valence-electron chi connectivity index (χ4n) is 3.80. The van der Waals surface area contributed by atoms with Gasteiger partial charge >= 0.3 is 5.69 Å². The zero-order valence-electron chi connectivity index (χ0n) is 19.1. The van der Waals surface area contributed by atoms with E-state index < -0.39 is 11.2 Å². The third kappa shape index (κ3) is 4.45. The van der Waals surface area contributed by atoms with Crippen molar-refractivity contribution in [2.75, 3.05) is 5.32 Å². The minimum atomic E-state index is -0.429. The number of para-hydroxylation sites is 1. The first-order valence-corrected chi connectivity index (χ1v) is 11.8. The minimum Gasteiger partial charge on any atom is -0.457 e. The Kier molecular flexibility index (Phi) is 5.91. The summed E-state index contributed by atoms with van der Waals surface area (Å²) in [6.45, 7) is 0.414. The van der Waals surface area contributed by atoms with Gasteiger partial charge in [0.1, 0.15) is 11.5 Å². The largest absolute Gasteiger partial charge is 0.457 e. The summed E-state index contributed by atoms with van der Waals surface area (Å²) in [6, 6.07) is 15.1. The number of amides is 1. The molecule has 0 bridgehead atoms. The van der Waals surface area contributed by atoms with E-state index in [1.54, 1.807) is 11.6 Å². The summed E-state index contributed by atoms with van der Waals surface area (Å²) in [5.41, 5.74) is 0.608. The molecule has 3 heterocycles. The Morgan fingerprint density at radius 3 is 2.66 bits per heavy atom. The van der Waals surface area contributed by atoms with Crippen molar-refractivity contribution in [3.8, 4) is 11.5 Å². The fourth-order valence-corrected chi connectivity index (χ4v) is 4.72. The zero-order valence-corrected chi connectivity index (χ0v) is 19.9. The molecule has 0 radical (unpaired) electrons. The second kappa shape index (κ2) is 9.18. The van der Waals surface area contributed by atoms with Crippen LogP contribution in [0.3, 0.4) is 0 Å². The van der Waals surface area contributed by atoms with Crippen LogP contribution in [-0.4, -0.2) is 29.6 Å². The monoisotopic (exact) mass is 490 g/mol. The number of nitrogens with one attached hydrogen (secondary N) is 1. The minimum absolute atomic E-state index is 0.172. The van der Waals surface area contributed by atoms with Crippen LogP contribution in [0.25, 0.3) is 21.4 Å². The van der Waals surface area contributed by atoms with Crippen molar-refractivity contribution in [1.82, 2.24) is 23.7 Å². The van der Waals surface area contributed by atoms with Gasteiger partial charge in [0.15, 0.2) is 16.3 Å². The van der Waals surface area contributed by atoms with Crippen molar-refractivity contribution in [3.05, 3.63) is 75.7 Å². The van der Waals surface area contributed by atoms with E-state index in [1.165, 1.54) is 29.3 Å². The number of anilines is 1. The molecular formula is C24H22N6O4S. The molecule has 1 amide bonds. The van der Waals surface area contributed by atoms with E-state index in [-0.39, 0.29) is 12.3 Å². The second-order valence-corrected chi connectivity index (χ2v) is 9.06. The molecule has 0 fully saturated rings. The number of rotatable bonds is 7. The van der Waals surface area contributed by atoms with Gasteiger partial charge in [-0.3, -0.25) is 18.7 Å². The zero-order chi connectivity index (χ0) is 24.5. The molecule has 5 aromatic rings. The Bertz CT molecular complexity index is 1660. The maximum atomic E-state index is 12.5. The van der Waals surface area contributed by atoms with E-state index in [9.17, 15) is 14.4 Å². The van der Waals surface area contributed by atoms with Crippen LogP contribution in [-0.2, 0) is 25.4 Å². The summed E-state index contributed by atoms with van der Waals surface area (Å²) in [5.74, 6) is 1.27. The van der Waals surface area contributed by atoms with Gasteiger partial charge in [-0.25, -0.2) is 14.8 Å². The first kappa shape index (κ1) is 22.5. The van der Waals surface area contributed by atoms with E-state index in [4.69, 9.17) is 4.74 Å². The Hall–Kier alpha value is -4.25. The first-order valence-electron chi connectivity index (χ1n) is 10.9. The molecule has 0 aliphatic carbocycles. The lowest BCUT2D eigenvalue weighted by molar-refractivity contribution is -0.116. The molecule has 0 aliphatic heterocycles. The van der Waals surface area contributed by atoms with E-state index in [0.717, 1.165) is 20.5 Å². The van der Waals surface area contributed by atoms with Gasteiger partial charge in [0, 0.05) is 33.1 Å². The topological polar surface area (TPSA) is 113 Å². The summed E-state index contributed by atoms with van der Waals surface area (Å²) >= 11 is 1.38. The molecule has 0 unspecified atom stereocenters. The van der Waals surface area contributed by atoms with Crippen LogP contribution in [0.1, 0.15) is 12.8 Å². The molecule has 5 rings (SSSR count). The molecular weight excluding hydrogens is 468 g/mol. The third-order valence-corrected chi connectivity index (χ3v) is 6.54. The number of aryl methyl sites for hydroxylation is 2. The van der Waals surface area contributed by atoms with Gasteiger partial charge in [0.05, 0.1) is 16.5 Å². The van der Waals surface area contributed by atoms with Gasteiger partial charge in [0.2, 0.25) is 5.91 Å². The lowest BCUT2D eigenvalue weighted by atomic mass is 10.3. The van der Waals surface area contributed by atoms with Crippen molar-refractivity contribution < 1.29 is 9.53 Å². The quantitative estimate of drug-likeness (QED) is 0.375. The Labute approximate surface area is 203 Å². The highest BCUT2D eigenvalue weighted by Crippen LogP contribution is 2.31. The summed E-state index contributed by atoms with van der Waals surface area (Å²) in [4.78, 5) is 45.8. The van der Waals surface area contributed by atoms with Gasteiger partial charge in [0.25, 0.3) is 5.56 Å². The molecule has 0 aliphatic rings. The van der Waals surface area contributed by atoms with Crippen molar-refractivity contribution in [3.63, 3.8) is 0 Å². The number of imidazole rings is 1. The predicted molar refractivity (Wildman–Crippen MR) is 134 cm³/mol. The first-order chi connectivity index (χ1) is 16.9. The molecule has 0 spiro atoms. The number of ether oxygens (including phenoxy) is 1. The van der Waals surface area contributed by atoms with Crippen LogP contribution in [0.15, 0.2) is 64.4 Å². The maximum Gasteiger partial charge on any atom is 0.332 e. The smallest absolute Gasteiger partial charge is 0.332 e. The molecule has 178 valence electrons.